The van der Waals surface area contributed by atoms with Crippen LogP contribution in [0.2, 0.25) is 5.02 Å². The summed E-state index contributed by atoms with van der Waals surface area (Å²) in [6, 6.07) is 5.05. The Hall–Kier alpha value is -0.600. The van der Waals surface area contributed by atoms with E-state index >= 15 is 0 Å². The van der Waals surface area contributed by atoms with Gasteiger partial charge in [-0.2, -0.15) is 0 Å². The molecule has 0 atom stereocenters. The van der Waals surface area contributed by atoms with E-state index in [-0.39, 0.29) is 5.82 Å². The maximum atomic E-state index is 13.3. The van der Waals surface area contributed by atoms with Crippen LogP contribution in [0.4, 0.5) is 4.39 Å². The maximum Gasteiger partial charge on any atom is 0.127 e. The molecule has 0 aromatic heterocycles. The molecule has 78 valence electrons. The molecule has 0 aliphatic carbocycles. The summed E-state index contributed by atoms with van der Waals surface area (Å²) in [5.41, 5.74) is 0.647. The number of hydrogen-bond donors (Lipinski definition) is 0. The Bertz CT molecular complexity index is 312. The molecular weight excluding hydrogens is 201 g/mol. The second-order valence-corrected chi connectivity index (χ2v) is 4.18. The van der Waals surface area contributed by atoms with Crippen molar-refractivity contribution in [3.8, 4) is 0 Å². The third-order valence-electron chi connectivity index (χ3n) is 2.31. The Morgan fingerprint density at radius 3 is 2.64 bits per heavy atom. The van der Waals surface area contributed by atoms with Crippen molar-refractivity contribution in [3.05, 3.63) is 34.6 Å². The molecule has 0 bridgehead atoms. The monoisotopic (exact) mass is 215 g/mol. The van der Waals surface area contributed by atoms with E-state index in [1.807, 2.05) is 7.05 Å². The fraction of sp³-hybridized carbons (Fsp3) is 0.455. The van der Waals surface area contributed by atoms with Crippen molar-refractivity contribution in [2.75, 3.05) is 7.05 Å². The van der Waals surface area contributed by atoms with Crippen molar-refractivity contribution < 1.29 is 4.39 Å². The molecule has 3 heteroatoms. The summed E-state index contributed by atoms with van der Waals surface area (Å²) in [4.78, 5) is 2.06. The molecule has 0 saturated carbocycles. The minimum atomic E-state index is -0.193. The fourth-order valence-corrected chi connectivity index (χ4v) is 1.31. The highest BCUT2D eigenvalue weighted by atomic mass is 35.5. The third kappa shape index (κ3) is 2.96. The minimum Gasteiger partial charge on any atom is -0.300 e. The Morgan fingerprint density at radius 1 is 1.43 bits per heavy atom. The molecule has 0 N–H and O–H groups in total. The second kappa shape index (κ2) is 4.76. The number of halogens is 2. The van der Waals surface area contributed by atoms with E-state index in [1.54, 1.807) is 12.1 Å². The van der Waals surface area contributed by atoms with E-state index in [0.717, 1.165) is 0 Å². The highest BCUT2D eigenvalue weighted by molar-refractivity contribution is 6.30. The molecule has 0 heterocycles. The maximum absolute atomic E-state index is 13.3. The van der Waals surface area contributed by atoms with Crippen LogP contribution in [-0.4, -0.2) is 18.0 Å². The summed E-state index contributed by atoms with van der Waals surface area (Å²) in [6.07, 6.45) is 0. The zero-order chi connectivity index (χ0) is 10.7. The van der Waals surface area contributed by atoms with Gasteiger partial charge in [-0.15, -0.1) is 0 Å². The normalized spacial score (nSPS) is 11.4. The van der Waals surface area contributed by atoms with Gasteiger partial charge in [0.1, 0.15) is 5.82 Å². The lowest BCUT2D eigenvalue weighted by Crippen LogP contribution is -2.26. The highest BCUT2D eigenvalue weighted by Crippen LogP contribution is 2.16. The van der Waals surface area contributed by atoms with Crippen molar-refractivity contribution in [2.45, 2.75) is 26.4 Å². The van der Waals surface area contributed by atoms with Crippen LogP contribution in [0.5, 0.6) is 0 Å². The van der Waals surface area contributed by atoms with Gasteiger partial charge in [0.25, 0.3) is 0 Å². The molecule has 1 aromatic carbocycles. The molecule has 0 fully saturated rings. The van der Waals surface area contributed by atoms with Gasteiger partial charge >= 0.3 is 0 Å². The molecular formula is C11H15ClFN. The van der Waals surface area contributed by atoms with Crippen molar-refractivity contribution in [3.63, 3.8) is 0 Å². The van der Waals surface area contributed by atoms with Crippen molar-refractivity contribution >= 4 is 11.6 Å². The molecule has 0 aliphatic rings. The van der Waals surface area contributed by atoms with Crippen LogP contribution in [0, 0.1) is 5.82 Å². The van der Waals surface area contributed by atoms with Gasteiger partial charge in [0.05, 0.1) is 0 Å². The summed E-state index contributed by atoms with van der Waals surface area (Å²) in [7, 11) is 1.96. The minimum absolute atomic E-state index is 0.193. The zero-order valence-corrected chi connectivity index (χ0v) is 9.48. The lowest BCUT2D eigenvalue weighted by Gasteiger charge is -2.21. The molecule has 0 aliphatic heterocycles. The Morgan fingerprint density at radius 2 is 2.07 bits per heavy atom. The van der Waals surface area contributed by atoms with Crippen LogP contribution < -0.4 is 0 Å². The summed E-state index contributed by atoms with van der Waals surface area (Å²) in [5.74, 6) is -0.193. The summed E-state index contributed by atoms with van der Waals surface area (Å²) < 4.78 is 13.3. The quantitative estimate of drug-likeness (QED) is 0.748. The van der Waals surface area contributed by atoms with Crippen LogP contribution in [0.3, 0.4) is 0 Å². The average Bonchev–Trinajstić information content (AvgIpc) is 2.11. The lowest BCUT2D eigenvalue weighted by atomic mass is 10.2. The zero-order valence-electron chi connectivity index (χ0n) is 8.72. The van der Waals surface area contributed by atoms with Crippen LogP contribution in [-0.2, 0) is 6.54 Å². The van der Waals surface area contributed by atoms with Gasteiger partial charge < -0.3 is 0 Å². The van der Waals surface area contributed by atoms with Gasteiger partial charge in [-0.05, 0) is 39.1 Å². The number of hydrogen-bond acceptors (Lipinski definition) is 1. The van der Waals surface area contributed by atoms with E-state index in [4.69, 9.17) is 11.6 Å². The third-order valence-corrected chi connectivity index (χ3v) is 2.54. The van der Waals surface area contributed by atoms with Gasteiger partial charge in [-0.25, -0.2) is 4.39 Å². The lowest BCUT2D eigenvalue weighted by molar-refractivity contribution is 0.262. The van der Waals surface area contributed by atoms with Gasteiger partial charge in [0, 0.05) is 23.2 Å². The van der Waals surface area contributed by atoms with Crippen LogP contribution in [0.15, 0.2) is 18.2 Å². The summed E-state index contributed by atoms with van der Waals surface area (Å²) >= 11 is 5.79. The van der Waals surface area contributed by atoms with Gasteiger partial charge in [0.15, 0.2) is 0 Å². The fourth-order valence-electron chi connectivity index (χ4n) is 1.12. The standard InChI is InChI=1S/C11H15ClFN/c1-8(2)14(3)7-9-6-10(12)4-5-11(9)13/h4-6,8H,7H2,1-3H3. The van der Waals surface area contributed by atoms with Crippen LogP contribution in [0.1, 0.15) is 19.4 Å². The van der Waals surface area contributed by atoms with E-state index < -0.39 is 0 Å². The molecule has 0 spiro atoms. The Kier molecular flexibility index (Phi) is 3.90. The van der Waals surface area contributed by atoms with E-state index in [1.165, 1.54) is 6.07 Å². The number of nitrogens with zero attached hydrogens (tertiary/aromatic N) is 1. The molecule has 1 nitrogen and oxygen atoms in total. The highest BCUT2D eigenvalue weighted by Gasteiger charge is 2.08. The summed E-state index contributed by atoms with van der Waals surface area (Å²) in [6.45, 7) is 4.73. The number of benzene rings is 1. The Labute approximate surface area is 89.5 Å². The summed E-state index contributed by atoms with van der Waals surface area (Å²) in [5, 5.41) is 0.582. The van der Waals surface area contributed by atoms with E-state index in [0.29, 0.717) is 23.2 Å². The predicted octanol–water partition coefficient (Wildman–Crippen LogP) is 3.32. The van der Waals surface area contributed by atoms with Crippen LogP contribution in [0.25, 0.3) is 0 Å². The van der Waals surface area contributed by atoms with Crippen molar-refractivity contribution in [2.24, 2.45) is 0 Å². The van der Waals surface area contributed by atoms with E-state index in [9.17, 15) is 4.39 Å². The SMILES string of the molecule is CC(C)N(C)Cc1cc(Cl)ccc1F. The van der Waals surface area contributed by atoms with Gasteiger partial charge in [-0.1, -0.05) is 11.6 Å². The molecule has 0 saturated heterocycles. The second-order valence-electron chi connectivity index (χ2n) is 3.74. The average molecular weight is 216 g/mol. The predicted molar refractivity (Wildman–Crippen MR) is 58.0 cm³/mol. The molecule has 1 rings (SSSR count). The Balaban J connectivity index is 2.80. The van der Waals surface area contributed by atoms with Crippen molar-refractivity contribution in [1.29, 1.82) is 0 Å². The van der Waals surface area contributed by atoms with Crippen LogP contribution >= 0.6 is 11.6 Å². The first-order valence-corrected chi connectivity index (χ1v) is 5.02. The first kappa shape index (κ1) is 11.5. The first-order valence-electron chi connectivity index (χ1n) is 4.65. The molecule has 1 aromatic rings. The molecule has 14 heavy (non-hydrogen) atoms. The molecule has 0 amide bonds. The largest absolute Gasteiger partial charge is 0.300 e. The van der Waals surface area contributed by atoms with Gasteiger partial charge in [-0.3, -0.25) is 4.90 Å². The van der Waals surface area contributed by atoms with E-state index in [2.05, 4.69) is 18.7 Å². The van der Waals surface area contributed by atoms with Crippen molar-refractivity contribution in [1.82, 2.24) is 4.90 Å². The molecule has 0 radical (unpaired) electrons. The number of rotatable bonds is 3. The molecule has 0 unspecified atom stereocenters. The topological polar surface area (TPSA) is 3.24 Å². The smallest absolute Gasteiger partial charge is 0.127 e. The first-order chi connectivity index (χ1) is 6.50. The van der Waals surface area contributed by atoms with Gasteiger partial charge in [0.2, 0.25) is 0 Å².